The molecule has 1 aromatic carbocycles. The van der Waals surface area contributed by atoms with Gasteiger partial charge in [-0.2, -0.15) is 13.2 Å². The molecule has 0 bridgehead atoms. The van der Waals surface area contributed by atoms with Gasteiger partial charge >= 0.3 is 12.1 Å². The Kier molecular flexibility index (Phi) is 3.95. The van der Waals surface area contributed by atoms with Gasteiger partial charge in [0.2, 0.25) is 0 Å². The lowest BCUT2D eigenvalue weighted by Gasteiger charge is -2.12. The fraction of sp³-hybridized carbons (Fsp3) is 0.273. The van der Waals surface area contributed by atoms with Crippen LogP contribution in [0.25, 0.3) is 0 Å². The van der Waals surface area contributed by atoms with E-state index < -0.39 is 35.7 Å². The van der Waals surface area contributed by atoms with E-state index in [-0.39, 0.29) is 5.56 Å². The second-order valence-electron chi connectivity index (χ2n) is 3.41. The van der Waals surface area contributed by atoms with Crippen LogP contribution in [-0.2, 0) is 11.0 Å². The van der Waals surface area contributed by atoms with Crippen LogP contribution in [0.4, 0.5) is 13.2 Å². The third-order valence-corrected chi connectivity index (χ3v) is 2.14. The van der Waals surface area contributed by atoms with Crippen molar-refractivity contribution in [3.8, 4) is 5.75 Å². The number of carbonyl (C=O) groups excluding carboxylic acids is 1. The molecule has 0 saturated heterocycles. The van der Waals surface area contributed by atoms with E-state index in [1.165, 1.54) is 0 Å². The molecule has 0 saturated carbocycles. The lowest BCUT2D eigenvalue weighted by molar-refractivity contribution is -0.138. The van der Waals surface area contributed by atoms with Gasteiger partial charge in [-0.05, 0) is 18.2 Å². The van der Waals surface area contributed by atoms with Crippen LogP contribution in [0.3, 0.4) is 0 Å². The van der Waals surface area contributed by atoms with Gasteiger partial charge in [-0.1, -0.05) is 0 Å². The first-order chi connectivity index (χ1) is 8.25. The number of aliphatic carboxylic acids is 1. The second-order valence-corrected chi connectivity index (χ2v) is 3.41. The van der Waals surface area contributed by atoms with Gasteiger partial charge < -0.3 is 9.84 Å². The summed E-state index contributed by atoms with van der Waals surface area (Å²) in [5.74, 6) is -2.71. The van der Waals surface area contributed by atoms with Crippen molar-refractivity contribution in [2.45, 2.75) is 12.6 Å². The molecule has 1 rings (SSSR count). The van der Waals surface area contributed by atoms with E-state index in [9.17, 15) is 22.8 Å². The zero-order valence-electron chi connectivity index (χ0n) is 9.25. The van der Waals surface area contributed by atoms with Gasteiger partial charge in [-0.15, -0.1) is 0 Å². The highest BCUT2D eigenvalue weighted by Crippen LogP contribution is 2.36. The van der Waals surface area contributed by atoms with E-state index in [2.05, 4.69) is 4.74 Å². The molecule has 0 heterocycles. The van der Waals surface area contributed by atoms with Crippen molar-refractivity contribution in [2.24, 2.45) is 0 Å². The molecule has 0 radical (unpaired) electrons. The molecule has 4 nitrogen and oxygen atoms in total. The zero-order valence-corrected chi connectivity index (χ0v) is 9.25. The monoisotopic (exact) mass is 262 g/mol. The first kappa shape index (κ1) is 14.0. The van der Waals surface area contributed by atoms with Crippen LogP contribution in [0.2, 0.25) is 0 Å². The summed E-state index contributed by atoms with van der Waals surface area (Å²) in [4.78, 5) is 21.7. The van der Waals surface area contributed by atoms with Crippen molar-refractivity contribution in [1.29, 1.82) is 0 Å². The van der Waals surface area contributed by atoms with Crippen LogP contribution in [0.15, 0.2) is 18.2 Å². The number of benzene rings is 1. The molecule has 1 N–H and O–H groups in total. The molecule has 0 aromatic heterocycles. The molecule has 1 aromatic rings. The smallest absolute Gasteiger partial charge is 0.419 e. The number of hydrogen-bond donors (Lipinski definition) is 1. The molecule has 7 heteroatoms. The van der Waals surface area contributed by atoms with Crippen molar-refractivity contribution >= 4 is 11.8 Å². The molecular formula is C11H9F3O4. The average molecular weight is 262 g/mol. The van der Waals surface area contributed by atoms with Gasteiger partial charge in [0.05, 0.1) is 12.7 Å². The summed E-state index contributed by atoms with van der Waals surface area (Å²) in [5.41, 5.74) is -1.42. The third-order valence-electron chi connectivity index (χ3n) is 2.14. The minimum Gasteiger partial charge on any atom is -0.496 e. The number of ether oxygens (including phenoxy) is 1. The second kappa shape index (κ2) is 5.07. The van der Waals surface area contributed by atoms with Crippen LogP contribution in [0.1, 0.15) is 22.3 Å². The lowest BCUT2D eigenvalue weighted by atomic mass is 10.0. The standard InChI is InChI=1S/C11H9F3O4/c1-18-9-3-2-6(8(15)5-10(16)17)4-7(9)11(12,13)14/h2-4H,5H2,1H3,(H,16,17). The normalized spacial score (nSPS) is 11.1. The van der Waals surface area contributed by atoms with Crippen molar-refractivity contribution in [3.63, 3.8) is 0 Å². The van der Waals surface area contributed by atoms with Gasteiger partial charge in [0.25, 0.3) is 0 Å². The van der Waals surface area contributed by atoms with Crippen molar-refractivity contribution in [3.05, 3.63) is 29.3 Å². The van der Waals surface area contributed by atoms with Crippen molar-refractivity contribution in [1.82, 2.24) is 0 Å². The van der Waals surface area contributed by atoms with Gasteiger partial charge in [0.15, 0.2) is 5.78 Å². The van der Waals surface area contributed by atoms with E-state index in [0.717, 1.165) is 19.2 Å². The predicted molar refractivity (Wildman–Crippen MR) is 54.6 cm³/mol. The molecule has 18 heavy (non-hydrogen) atoms. The number of carbonyl (C=O) groups is 2. The summed E-state index contributed by atoms with van der Waals surface area (Å²) in [6.07, 6.45) is -5.53. The van der Waals surface area contributed by atoms with Crippen LogP contribution in [0.5, 0.6) is 5.75 Å². The average Bonchev–Trinajstić information content (AvgIpc) is 2.26. The van der Waals surface area contributed by atoms with Crippen molar-refractivity contribution in [2.75, 3.05) is 7.11 Å². The number of hydrogen-bond acceptors (Lipinski definition) is 3. The quantitative estimate of drug-likeness (QED) is 0.668. The molecule has 98 valence electrons. The molecule has 0 fully saturated rings. The Morgan fingerprint density at radius 3 is 2.39 bits per heavy atom. The Hall–Kier alpha value is -2.05. The lowest BCUT2D eigenvalue weighted by Crippen LogP contribution is -2.11. The number of ketones is 1. The van der Waals surface area contributed by atoms with Gasteiger partial charge in [-0.25, -0.2) is 0 Å². The number of rotatable bonds is 4. The number of alkyl halides is 3. The van der Waals surface area contributed by atoms with Gasteiger partial charge in [0, 0.05) is 5.56 Å². The predicted octanol–water partition coefficient (Wildman–Crippen LogP) is 2.37. The molecule has 0 unspecified atom stereocenters. The summed E-state index contributed by atoms with van der Waals surface area (Å²) in [6.45, 7) is 0. The maximum atomic E-state index is 12.6. The van der Waals surface area contributed by atoms with Crippen LogP contribution >= 0.6 is 0 Å². The van der Waals surface area contributed by atoms with E-state index >= 15 is 0 Å². The SMILES string of the molecule is COc1ccc(C(=O)CC(=O)O)cc1C(F)(F)F. The van der Waals surface area contributed by atoms with Crippen LogP contribution < -0.4 is 4.74 Å². The maximum absolute atomic E-state index is 12.6. The summed E-state index contributed by atoms with van der Waals surface area (Å²) in [6, 6.07) is 2.67. The molecular weight excluding hydrogens is 253 g/mol. The molecule has 0 spiro atoms. The minimum absolute atomic E-state index is 0.314. The summed E-state index contributed by atoms with van der Waals surface area (Å²) in [5, 5.41) is 8.41. The Labute approximate surface area is 100.0 Å². The maximum Gasteiger partial charge on any atom is 0.419 e. The fourth-order valence-electron chi connectivity index (χ4n) is 1.34. The molecule has 0 aliphatic rings. The molecule has 0 amide bonds. The first-order valence-electron chi connectivity index (χ1n) is 4.76. The van der Waals surface area contributed by atoms with Crippen molar-refractivity contribution < 1.29 is 32.6 Å². The Bertz CT molecular complexity index is 480. The first-order valence-corrected chi connectivity index (χ1v) is 4.76. The van der Waals surface area contributed by atoms with Gasteiger partial charge in [0.1, 0.15) is 12.2 Å². The number of carboxylic acid groups (broad SMARTS) is 1. The van der Waals surface area contributed by atoms with Gasteiger partial charge in [-0.3, -0.25) is 9.59 Å². The topological polar surface area (TPSA) is 63.6 Å². The number of methoxy groups -OCH3 is 1. The van der Waals surface area contributed by atoms with Crippen LogP contribution in [-0.4, -0.2) is 24.0 Å². The Morgan fingerprint density at radius 1 is 1.33 bits per heavy atom. The summed E-state index contributed by atoms with van der Waals surface area (Å²) < 4.78 is 42.4. The number of halogens is 3. The van der Waals surface area contributed by atoms with Crippen LogP contribution in [0, 0.1) is 0 Å². The molecule has 0 atom stereocenters. The van der Waals surface area contributed by atoms with E-state index in [4.69, 9.17) is 5.11 Å². The number of Topliss-reactive ketones (excluding diaryl/α,β-unsaturated/α-hetero) is 1. The highest BCUT2D eigenvalue weighted by Gasteiger charge is 2.35. The number of carboxylic acids is 1. The Morgan fingerprint density at radius 2 is 1.94 bits per heavy atom. The third kappa shape index (κ3) is 3.22. The minimum atomic E-state index is -4.68. The fourth-order valence-corrected chi connectivity index (χ4v) is 1.34. The summed E-state index contributed by atoms with van der Waals surface area (Å²) in [7, 11) is 1.07. The highest BCUT2D eigenvalue weighted by atomic mass is 19.4. The Balaban J connectivity index is 3.19. The summed E-state index contributed by atoms with van der Waals surface area (Å²) >= 11 is 0. The molecule has 0 aliphatic heterocycles. The van der Waals surface area contributed by atoms with E-state index in [0.29, 0.717) is 6.07 Å². The zero-order chi connectivity index (χ0) is 13.9. The van der Waals surface area contributed by atoms with E-state index in [1.54, 1.807) is 0 Å². The largest absolute Gasteiger partial charge is 0.496 e. The molecule has 0 aliphatic carbocycles. The highest BCUT2D eigenvalue weighted by molar-refractivity contribution is 6.05. The van der Waals surface area contributed by atoms with E-state index in [1.807, 2.05) is 0 Å².